The third-order valence-electron chi connectivity index (χ3n) is 7.14. The van der Waals surface area contributed by atoms with Gasteiger partial charge in [0.1, 0.15) is 0 Å². The SMILES string of the molecule is Oc1c2c(c(O)n1CCCCN1CCN(c3ncccn3)CC1)C1CCC2CC1. The molecule has 7 nitrogen and oxygen atoms in total. The number of anilines is 1. The van der Waals surface area contributed by atoms with Crippen LogP contribution < -0.4 is 4.90 Å². The molecule has 0 radical (unpaired) electrons. The van der Waals surface area contributed by atoms with Gasteiger partial charge in [0.2, 0.25) is 5.95 Å². The van der Waals surface area contributed by atoms with Gasteiger partial charge in [0.05, 0.1) is 0 Å². The van der Waals surface area contributed by atoms with E-state index < -0.39 is 0 Å². The highest BCUT2D eigenvalue weighted by atomic mass is 16.3. The summed E-state index contributed by atoms with van der Waals surface area (Å²) in [5.41, 5.74) is 2.12. The number of piperazine rings is 1. The maximum atomic E-state index is 10.7. The van der Waals surface area contributed by atoms with Crippen LogP contribution in [-0.4, -0.2) is 62.4 Å². The Morgan fingerprint density at radius 3 is 1.93 bits per heavy atom. The van der Waals surface area contributed by atoms with E-state index in [9.17, 15) is 10.2 Å². The normalized spacial score (nSPS) is 24.1. The van der Waals surface area contributed by atoms with Crippen LogP contribution in [-0.2, 0) is 6.54 Å². The molecule has 2 aromatic rings. The second kappa shape index (κ2) is 7.86. The van der Waals surface area contributed by atoms with E-state index in [0.29, 0.717) is 30.1 Å². The van der Waals surface area contributed by atoms with Crippen molar-refractivity contribution in [2.75, 3.05) is 37.6 Å². The third-order valence-corrected chi connectivity index (χ3v) is 7.14. The number of aromatic nitrogens is 3. The van der Waals surface area contributed by atoms with E-state index >= 15 is 0 Å². The Bertz CT molecular complexity index is 801. The second-order valence-electron chi connectivity index (χ2n) is 8.76. The van der Waals surface area contributed by atoms with Crippen molar-refractivity contribution in [2.24, 2.45) is 0 Å². The van der Waals surface area contributed by atoms with Gasteiger partial charge < -0.3 is 15.1 Å². The lowest BCUT2D eigenvalue weighted by Crippen LogP contribution is -2.47. The summed E-state index contributed by atoms with van der Waals surface area (Å²) in [5, 5.41) is 21.5. The summed E-state index contributed by atoms with van der Waals surface area (Å²) >= 11 is 0. The molecule has 6 rings (SSSR count). The summed E-state index contributed by atoms with van der Waals surface area (Å²) in [5.74, 6) is 2.40. The summed E-state index contributed by atoms with van der Waals surface area (Å²) in [7, 11) is 0. The van der Waals surface area contributed by atoms with Gasteiger partial charge in [-0.2, -0.15) is 0 Å². The minimum absolute atomic E-state index is 0.336. The number of unbranched alkanes of at least 4 members (excludes halogenated alkanes) is 1. The molecule has 4 aliphatic rings. The predicted octanol–water partition coefficient (Wildman–Crippen LogP) is 3.05. The minimum atomic E-state index is 0.336. The van der Waals surface area contributed by atoms with Crippen molar-refractivity contribution in [1.82, 2.24) is 19.4 Å². The van der Waals surface area contributed by atoms with Crippen molar-refractivity contribution >= 4 is 5.95 Å². The first kappa shape index (κ1) is 18.7. The Balaban J connectivity index is 1.11. The molecule has 0 amide bonds. The number of fused-ring (bicyclic) bond motifs is 2. The zero-order valence-electron chi connectivity index (χ0n) is 17.0. The first-order valence-electron chi connectivity index (χ1n) is 11.1. The summed E-state index contributed by atoms with van der Waals surface area (Å²) in [6, 6.07) is 1.85. The van der Waals surface area contributed by atoms with E-state index in [1.807, 2.05) is 6.07 Å². The van der Waals surface area contributed by atoms with E-state index in [2.05, 4.69) is 19.8 Å². The van der Waals surface area contributed by atoms with Crippen molar-refractivity contribution in [3.05, 3.63) is 29.6 Å². The van der Waals surface area contributed by atoms with Gasteiger partial charge >= 0.3 is 0 Å². The van der Waals surface area contributed by atoms with Gasteiger partial charge in [-0.1, -0.05) is 0 Å². The monoisotopic (exact) mass is 397 g/mol. The average molecular weight is 398 g/mol. The molecule has 3 heterocycles. The molecule has 156 valence electrons. The fraction of sp³-hybridized carbons (Fsp3) is 0.636. The lowest BCUT2D eigenvalue weighted by Gasteiger charge is -2.35. The van der Waals surface area contributed by atoms with E-state index in [0.717, 1.165) is 88.3 Å². The molecule has 2 fully saturated rings. The molecule has 0 atom stereocenters. The van der Waals surface area contributed by atoms with Gasteiger partial charge in [0.25, 0.3) is 0 Å². The van der Waals surface area contributed by atoms with Crippen molar-refractivity contribution in [3.63, 3.8) is 0 Å². The van der Waals surface area contributed by atoms with Crippen LogP contribution in [0.1, 0.15) is 61.5 Å². The van der Waals surface area contributed by atoms with Crippen LogP contribution in [0.5, 0.6) is 11.8 Å². The van der Waals surface area contributed by atoms with Gasteiger partial charge in [-0.3, -0.25) is 9.47 Å². The molecule has 29 heavy (non-hydrogen) atoms. The van der Waals surface area contributed by atoms with Crippen LogP contribution in [0.3, 0.4) is 0 Å². The Morgan fingerprint density at radius 2 is 1.34 bits per heavy atom. The van der Waals surface area contributed by atoms with Gasteiger partial charge in [0, 0.05) is 56.2 Å². The van der Waals surface area contributed by atoms with Crippen LogP contribution >= 0.6 is 0 Å². The summed E-state index contributed by atoms with van der Waals surface area (Å²) in [6.45, 7) is 5.71. The Labute approximate surface area is 172 Å². The Morgan fingerprint density at radius 1 is 0.793 bits per heavy atom. The molecule has 3 aliphatic carbocycles. The van der Waals surface area contributed by atoms with Gasteiger partial charge in [-0.25, -0.2) is 9.97 Å². The summed E-state index contributed by atoms with van der Waals surface area (Å²) in [6.07, 6.45) is 10.3. The zero-order valence-corrected chi connectivity index (χ0v) is 17.0. The van der Waals surface area contributed by atoms with Gasteiger partial charge in [-0.05, 0) is 63.0 Å². The maximum absolute atomic E-state index is 10.7. The highest BCUT2D eigenvalue weighted by Gasteiger charge is 2.40. The molecular weight excluding hydrogens is 366 g/mol. The van der Waals surface area contributed by atoms with Crippen LogP contribution in [0.2, 0.25) is 0 Å². The molecular formula is C22H31N5O2. The molecule has 1 saturated carbocycles. The first-order valence-corrected chi connectivity index (χ1v) is 11.1. The summed E-state index contributed by atoms with van der Waals surface area (Å²) in [4.78, 5) is 13.4. The molecule has 7 heteroatoms. The van der Waals surface area contributed by atoms with Gasteiger partial charge in [0.15, 0.2) is 11.8 Å². The predicted molar refractivity (Wildman–Crippen MR) is 112 cm³/mol. The Hall–Kier alpha value is -2.28. The number of hydrogen-bond acceptors (Lipinski definition) is 6. The maximum Gasteiger partial charge on any atom is 0.225 e. The van der Waals surface area contributed by atoms with Crippen molar-refractivity contribution in [2.45, 2.75) is 56.9 Å². The van der Waals surface area contributed by atoms with Crippen molar-refractivity contribution in [1.29, 1.82) is 0 Å². The van der Waals surface area contributed by atoms with Crippen LogP contribution in [0.4, 0.5) is 5.95 Å². The highest BCUT2D eigenvalue weighted by molar-refractivity contribution is 5.52. The molecule has 2 aromatic heterocycles. The van der Waals surface area contributed by atoms with Crippen LogP contribution in [0.25, 0.3) is 0 Å². The number of rotatable bonds is 6. The molecule has 0 aromatic carbocycles. The third kappa shape index (κ3) is 3.45. The standard InChI is InChI=1S/C22H31N5O2/c28-20-18-16-4-5-17(7-6-16)19(18)21(29)27(20)11-2-1-10-25-12-14-26(15-13-25)22-23-8-3-9-24-22/h3,8-9,16-17,28-29H,1-2,4-7,10-15H2. The fourth-order valence-electron chi connectivity index (χ4n) is 5.55. The van der Waals surface area contributed by atoms with Crippen molar-refractivity contribution in [3.8, 4) is 11.8 Å². The molecule has 2 N–H and O–H groups in total. The minimum Gasteiger partial charge on any atom is -0.494 e. The fourth-order valence-corrected chi connectivity index (χ4v) is 5.55. The smallest absolute Gasteiger partial charge is 0.225 e. The van der Waals surface area contributed by atoms with Gasteiger partial charge in [-0.15, -0.1) is 0 Å². The van der Waals surface area contributed by atoms with Crippen LogP contribution in [0, 0.1) is 0 Å². The number of nitrogens with zero attached hydrogens (tertiary/aromatic N) is 5. The topological polar surface area (TPSA) is 77.7 Å². The van der Waals surface area contributed by atoms with E-state index in [4.69, 9.17) is 0 Å². The molecule has 0 unspecified atom stereocenters. The van der Waals surface area contributed by atoms with Crippen LogP contribution in [0.15, 0.2) is 18.5 Å². The zero-order chi connectivity index (χ0) is 19.8. The lowest BCUT2D eigenvalue weighted by atomic mass is 9.68. The second-order valence-corrected chi connectivity index (χ2v) is 8.76. The quantitative estimate of drug-likeness (QED) is 0.730. The average Bonchev–Trinajstić information content (AvgIpc) is 3.05. The number of aromatic hydroxyl groups is 2. The number of hydrogen-bond donors (Lipinski definition) is 2. The van der Waals surface area contributed by atoms with E-state index in [1.165, 1.54) is 0 Å². The Kier molecular flexibility index (Phi) is 5.08. The first-order chi connectivity index (χ1) is 14.2. The molecule has 0 spiro atoms. The van der Waals surface area contributed by atoms with E-state index in [-0.39, 0.29) is 0 Å². The molecule has 1 saturated heterocycles. The van der Waals surface area contributed by atoms with E-state index in [1.54, 1.807) is 17.0 Å². The molecule has 1 aliphatic heterocycles. The summed E-state index contributed by atoms with van der Waals surface area (Å²) < 4.78 is 1.77. The lowest BCUT2D eigenvalue weighted by molar-refractivity contribution is 0.248. The van der Waals surface area contributed by atoms with Crippen molar-refractivity contribution < 1.29 is 10.2 Å². The largest absolute Gasteiger partial charge is 0.494 e. The molecule has 2 bridgehead atoms. The highest BCUT2D eigenvalue weighted by Crippen LogP contribution is 2.56.